The normalized spacial score (nSPS) is 19.5. The predicted octanol–water partition coefficient (Wildman–Crippen LogP) is 1.04. The second-order valence-corrected chi connectivity index (χ2v) is 6.34. The van der Waals surface area contributed by atoms with Crippen LogP contribution in [-0.2, 0) is 11.2 Å². The third kappa shape index (κ3) is 2.47. The molecule has 130 valence electrons. The summed E-state index contributed by atoms with van der Waals surface area (Å²) in [6, 6.07) is 2.28. The Bertz CT molecular complexity index is 891. The molecule has 0 spiro atoms. The van der Waals surface area contributed by atoms with Crippen LogP contribution in [0.2, 0.25) is 0 Å². The third-order valence-electron chi connectivity index (χ3n) is 4.55. The zero-order valence-electron chi connectivity index (χ0n) is 13.5. The lowest BCUT2D eigenvalue weighted by molar-refractivity contribution is 0.122. The first kappa shape index (κ1) is 16.0. The molecule has 4 heterocycles. The minimum absolute atomic E-state index is 0.193. The van der Waals surface area contributed by atoms with Crippen molar-refractivity contribution in [2.45, 2.75) is 12.5 Å². The van der Waals surface area contributed by atoms with Crippen molar-refractivity contribution in [3.8, 4) is 11.9 Å². The van der Waals surface area contributed by atoms with Crippen molar-refractivity contribution >= 4 is 39.8 Å². The van der Waals surface area contributed by atoms with Crippen LogP contribution in [0.4, 0.5) is 17.5 Å². The topological polar surface area (TPSA) is 123 Å². The van der Waals surface area contributed by atoms with Gasteiger partial charge in [-0.25, -0.2) is 4.98 Å². The number of nitrogens with zero attached hydrogens (tertiary/aromatic N) is 4. The number of hydrogen-bond donors (Lipinski definition) is 2. The van der Waals surface area contributed by atoms with Gasteiger partial charge >= 0.3 is 0 Å². The summed E-state index contributed by atoms with van der Waals surface area (Å²) in [5, 5.41) is 11.0. The van der Waals surface area contributed by atoms with Crippen LogP contribution >= 0.6 is 11.6 Å². The molecule has 2 aliphatic rings. The number of nitriles is 1. The van der Waals surface area contributed by atoms with Gasteiger partial charge in [0, 0.05) is 30.5 Å². The lowest BCUT2D eigenvalue weighted by Crippen LogP contribution is -2.37. The van der Waals surface area contributed by atoms with Crippen LogP contribution < -0.4 is 21.1 Å². The molecule has 4 N–H and O–H groups in total. The summed E-state index contributed by atoms with van der Waals surface area (Å²) in [7, 11) is 0. The molecular formula is C16H17ClN6O2. The van der Waals surface area contributed by atoms with Gasteiger partial charge in [-0.3, -0.25) is 0 Å². The van der Waals surface area contributed by atoms with Gasteiger partial charge < -0.3 is 25.8 Å². The second kappa shape index (κ2) is 6.10. The number of aromatic nitrogens is 2. The van der Waals surface area contributed by atoms with Crippen LogP contribution in [-0.4, -0.2) is 48.3 Å². The summed E-state index contributed by atoms with van der Waals surface area (Å²) in [6.07, 6.45) is 0.366. The molecule has 9 heteroatoms. The van der Waals surface area contributed by atoms with E-state index in [1.165, 1.54) is 0 Å². The standard InChI is InChI=1S/C16H17ClN6O2/c17-6-8-5-9-11-10(7-18)15(23-1-3-24-4-2-23)21-13(19)12(11)14(20)22-16(9)25-8/h8H,1-6H2,(H2,19,21)(H2,20,22)/t8-/m1/s1. The van der Waals surface area contributed by atoms with E-state index in [9.17, 15) is 5.26 Å². The maximum atomic E-state index is 9.87. The van der Waals surface area contributed by atoms with Gasteiger partial charge in [0.15, 0.2) is 0 Å². The number of ether oxygens (including phenoxy) is 2. The van der Waals surface area contributed by atoms with Crippen LogP contribution in [0.25, 0.3) is 10.8 Å². The van der Waals surface area contributed by atoms with Gasteiger partial charge in [-0.2, -0.15) is 10.2 Å². The van der Waals surface area contributed by atoms with E-state index in [1.807, 2.05) is 4.90 Å². The number of morpholine rings is 1. The molecule has 0 radical (unpaired) electrons. The highest BCUT2D eigenvalue weighted by Crippen LogP contribution is 2.42. The number of pyridine rings is 2. The minimum atomic E-state index is -0.193. The summed E-state index contributed by atoms with van der Waals surface area (Å²) in [5.41, 5.74) is 13.5. The van der Waals surface area contributed by atoms with Gasteiger partial charge in [0.25, 0.3) is 0 Å². The lowest BCUT2D eigenvalue weighted by atomic mass is 9.99. The second-order valence-electron chi connectivity index (χ2n) is 6.04. The van der Waals surface area contributed by atoms with E-state index in [0.29, 0.717) is 66.6 Å². The fourth-order valence-electron chi connectivity index (χ4n) is 3.40. The molecule has 0 aliphatic carbocycles. The van der Waals surface area contributed by atoms with Crippen molar-refractivity contribution in [2.24, 2.45) is 0 Å². The molecular weight excluding hydrogens is 344 g/mol. The van der Waals surface area contributed by atoms with E-state index in [2.05, 4.69) is 16.0 Å². The highest BCUT2D eigenvalue weighted by molar-refractivity contribution is 6.18. The molecule has 0 unspecified atom stereocenters. The Balaban J connectivity index is 2.00. The number of alkyl halides is 1. The van der Waals surface area contributed by atoms with Crippen LogP contribution in [0, 0.1) is 11.3 Å². The maximum absolute atomic E-state index is 9.87. The average molecular weight is 361 g/mol. The van der Waals surface area contributed by atoms with E-state index in [-0.39, 0.29) is 17.7 Å². The molecule has 25 heavy (non-hydrogen) atoms. The number of rotatable bonds is 2. The molecule has 0 aromatic carbocycles. The molecule has 2 aliphatic heterocycles. The van der Waals surface area contributed by atoms with Crippen molar-refractivity contribution in [3.63, 3.8) is 0 Å². The highest BCUT2D eigenvalue weighted by atomic mass is 35.5. The summed E-state index contributed by atoms with van der Waals surface area (Å²) in [5.74, 6) is 1.77. The molecule has 1 saturated heterocycles. The first-order valence-electron chi connectivity index (χ1n) is 8.01. The number of nitrogens with two attached hydrogens (primary N) is 2. The fourth-order valence-corrected chi connectivity index (χ4v) is 3.57. The summed E-state index contributed by atoms with van der Waals surface area (Å²) >= 11 is 5.94. The van der Waals surface area contributed by atoms with Gasteiger partial charge in [0.1, 0.15) is 35.2 Å². The summed E-state index contributed by atoms with van der Waals surface area (Å²) in [4.78, 5) is 10.8. The quantitative estimate of drug-likeness (QED) is 0.761. The van der Waals surface area contributed by atoms with Gasteiger partial charge in [-0.1, -0.05) is 0 Å². The van der Waals surface area contributed by atoms with E-state index >= 15 is 0 Å². The van der Waals surface area contributed by atoms with Crippen molar-refractivity contribution in [1.29, 1.82) is 5.26 Å². The Morgan fingerprint density at radius 3 is 2.60 bits per heavy atom. The van der Waals surface area contributed by atoms with Crippen LogP contribution in [0.3, 0.4) is 0 Å². The molecule has 4 rings (SSSR count). The van der Waals surface area contributed by atoms with Crippen molar-refractivity contribution in [1.82, 2.24) is 9.97 Å². The summed E-state index contributed by atoms with van der Waals surface area (Å²) in [6.45, 7) is 2.46. The van der Waals surface area contributed by atoms with Crippen LogP contribution in [0.1, 0.15) is 11.1 Å². The molecule has 8 nitrogen and oxygen atoms in total. The first-order chi connectivity index (χ1) is 12.1. The van der Waals surface area contributed by atoms with Crippen molar-refractivity contribution in [3.05, 3.63) is 11.1 Å². The van der Waals surface area contributed by atoms with E-state index in [0.717, 1.165) is 5.56 Å². The average Bonchev–Trinajstić information content (AvgIpc) is 3.05. The number of hydrogen-bond acceptors (Lipinski definition) is 8. The Kier molecular flexibility index (Phi) is 3.90. The fraction of sp³-hybridized carbons (Fsp3) is 0.438. The van der Waals surface area contributed by atoms with E-state index < -0.39 is 0 Å². The smallest absolute Gasteiger partial charge is 0.219 e. The zero-order valence-corrected chi connectivity index (χ0v) is 14.2. The lowest BCUT2D eigenvalue weighted by Gasteiger charge is -2.29. The largest absolute Gasteiger partial charge is 0.472 e. The Hall–Kier alpha value is -2.50. The molecule has 2 aromatic rings. The predicted molar refractivity (Wildman–Crippen MR) is 94.9 cm³/mol. The molecule has 0 amide bonds. The summed E-state index contributed by atoms with van der Waals surface area (Å²) < 4.78 is 11.1. The van der Waals surface area contributed by atoms with Crippen LogP contribution in [0.15, 0.2) is 0 Å². The molecule has 1 atom stereocenters. The van der Waals surface area contributed by atoms with E-state index in [4.69, 9.17) is 32.5 Å². The Morgan fingerprint density at radius 1 is 1.20 bits per heavy atom. The maximum Gasteiger partial charge on any atom is 0.219 e. The molecule has 2 aromatic heterocycles. The van der Waals surface area contributed by atoms with Crippen molar-refractivity contribution < 1.29 is 9.47 Å². The van der Waals surface area contributed by atoms with Crippen molar-refractivity contribution in [2.75, 3.05) is 48.6 Å². The SMILES string of the molecule is N#Cc1c(N2CCOCC2)nc(N)c2c(N)nc3c(c12)C[C@H](CCl)O3. The molecule has 0 bridgehead atoms. The molecule has 1 fully saturated rings. The van der Waals surface area contributed by atoms with E-state index in [1.54, 1.807) is 0 Å². The Labute approximate surface area is 149 Å². The van der Waals surface area contributed by atoms with Gasteiger partial charge in [0.05, 0.1) is 24.5 Å². The molecule has 0 saturated carbocycles. The number of halogens is 1. The monoisotopic (exact) mass is 360 g/mol. The van der Waals surface area contributed by atoms with Crippen LogP contribution in [0.5, 0.6) is 5.88 Å². The number of anilines is 3. The van der Waals surface area contributed by atoms with Gasteiger partial charge in [-0.15, -0.1) is 11.6 Å². The number of fused-ring (bicyclic) bond motifs is 3. The Morgan fingerprint density at radius 2 is 1.92 bits per heavy atom. The zero-order chi connectivity index (χ0) is 17.6. The highest BCUT2D eigenvalue weighted by Gasteiger charge is 2.31. The van der Waals surface area contributed by atoms with Gasteiger partial charge in [-0.05, 0) is 0 Å². The number of nitrogen functional groups attached to an aromatic ring is 2. The first-order valence-corrected chi connectivity index (χ1v) is 8.54. The minimum Gasteiger partial charge on any atom is -0.472 e. The van der Waals surface area contributed by atoms with Gasteiger partial charge in [0.2, 0.25) is 5.88 Å². The third-order valence-corrected chi connectivity index (χ3v) is 4.89.